The van der Waals surface area contributed by atoms with E-state index in [-0.39, 0.29) is 5.92 Å². The van der Waals surface area contributed by atoms with E-state index in [0.717, 1.165) is 24.3 Å². The molecule has 0 saturated carbocycles. The molecule has 1 unspecified atom stereocenters. The van der Waals surface area contributed by atoms with Crippen molar-refractivity contribution in [2.75, 3.05) is 18.0 Å². The van der Waals surface area contributed by atoms with Gasteiger partial charge in [0.15, 0.2) is 0 Å². The smallest absolute Gasteiger partial charge is 0.308 e. The Labute approximate surface area is 117 Å². The van der Waals surface area contributed by atoms with Gasteiger partial charge in [-0.15, -0.1) is 0 Å². The SMILES string of the molecule is O=C(O)C1Cc2ccccc2N(CCn2ccnc2)C1. The second kappa shape index (κ2) is 5.36. The molecular weight excluding hydrogens is 254 g/mol. The van der Waals surface area contributed by atoms with E-state index in [2.05, 4.69) is 16.0 Å². The molecule has 0 saturated heterocycles. The Morgan fingerprint density at radius 3 is 2.95 bits per heavy atom. The fraction of sp³-hybridized carbons (Fsp3) is 0.333. The number of carbonyl (C=O) groups is 1. The second-order valence-electron chi connectivity index (χ2n) is 5.11. The van der Waals surface area contributed by atoms with E-state index in [1.54, 1.807) is 12.5 Å². The summed E-state index contributed by atoms with van der Waals surface area (Å²) in [5, 5.41) is 9.29. The van der Waals surface area contributed by atoms with E-state index in [4.69, 9.17) is 0 Å². The van der Waals surface area contributed by atoms with Gasteiger partial charge in [-0.1, -0.05) is 18.2 Å². The van der Waals surface area contributed by atoms with Crippen molar-refractivity contribution in [1.82, 2.24) is 9.55 Å². The minimum Gasteiger partial charge on any atom is -0.481 e. The first-order valence-electron chi connectivity index (χ1n) is 6.75. The zero-order valence-corrected chi connectivity index (χ0v) is 11.1. The van der Waals surface area contributed by atoms with Crippen LogP contribution in [-0.2, 0) is 17.8 Å². The highest BCUT2D eigenvalue weighted by Crippen LogP contribution is 2.29. The van der Waals surface area contributed by atoms with Crippen LogP contribution in [0.25, 0.3) is 0 Å². The quantitative estimate of drug-likeness (QED) is 0.918. The van der Waals surface area contributed by atoms with Gasteiger partial charge in [0.1, 0.15) is 0 Å². The molecule has 1 N–H and O–H groups in total. The maximum Gasteiger partial charge on any atom is 0.308 e. The maximum absolute atomic E-state index is 11.3. The number of rotatable bonds is 4. The maximum atomic E-state index is 11.3. The average Bonchev–Trinajstić information content (AvgIpc) is 2.97. The largest absolute Gasteiger partial charge is 0.481 e. The molecule has 20 heavy (non-hydrogen) atoms. The van der Waals surface area contributed by atoms with Crippen molar-refractivity contribution in [1.29, 1.82) is 0 Å². The number of fused-ring (bicyclic) bond motifs is 1. The first-order chi connectivity index (χ1) is 9.74. The van der Waals surface area contributed by atoms with Crippen molar-refractivity contribution in [2.45, 2.75) is 13.0 Å². The van der Waals surface area contributed by atoms with Crippen LogP contribution < -0.4 is 4.90 Å². The van der Waals surface area contributed by atoms with Gasteiger partial charge < -0.3 is 14.6 Å². The molecule has 0 spiro atoms. The topological polar surface area (TPSA) is 58.4 Å². The summed E-state index contributed by atoms with van der Waals surface area (Å²) in [5.74, 6) is -1.04. The molecule has 1 atom stereocenters. The summed E-state index contributed by atoms with van der Waals surface area (Å²) >= 11 is 0. The summed E-state index contributed by atoms with van der Waals surface area (Å²) in [6.07, 6.45) is 6.08. The van der Waals surface area contributed by atoms with Gasteiger partial charge in [-0.2, -0.15) is 0 Å². The highest BCUT2D eigenvalue weighted by Gasteiger charge is 2.28. The fourth-order valence-corrected chi connectivity index (χ4v) is 2.72. The normalized spacial score (nSPS) is 17.8. The molecule has 0 amide bonds. The molecule has 3 rings (SSSR count). The predicted octanol–water partition coefficient (Wildman–Crippen LogP) is 1.65. The Morgan fingerprint density at radius 1 is 1.35 bits per heavy atom. The molecule has 1 aliphatic heterocycles. The predicted molar refractivity (Wildman–Crippen MR) is 75.7 cm³/mol. The molecule has 0 bridgehead atoms. The number of benzene rings is 1. The minimum absolute atomic E-state index is 0.326. The lowest BCUT2D eigenvalue weighted by Gasteiger charge is -2.34. The molecule has 2 aromatic rings. The lowest BCUT2D eigenvalue weighted by molar-refractivity contribution is -0.141. The Balaban J connectivity index is 1.79. The third kappa shape index (κ3) is 2.52. The van der Waals surface area contributed by atoms with Crippen LogP contribution in [0, 0.1) is 5.92 Å². The molecular formula is C15H17N3O2. The van der Waals surface area contributed by atoms with Crippen molar-refractivity contribution >= 4 is 11.7 Å². The van der Waals surface area contributed by atoms with Crippen LogP contribution in [0.4, 0.5) is 5.69 Å². The van der Waals surface area contributed by atoms with Crippen LogP contribution in [0.1, 0.15) is 5.56 Å². The number of aromatic nitrogens is 2. The van der Waals surface area contributed by atoms with E-state index in [1.165, 1.54) is 0 Å². The Bertz CT molecular complexity index is 595. The van der Waals surface area contributed by atoms with Gasteiger partial charge in [-0.05, 0) is 18.1 Å². The van der Waals surface area contributed by atoms with Crippen molar-refractivity contribution in [2.24, 2.45) is 5.92 Å². The van der Waals surface area contributed by atoms with Gasteiger partial charge in [0, 0.05) is 37.7 Å². The summed E-state index contributed by atoms with van der Waals surface area (Å²) in [6.45, 7) is 2.17. The van der Waals surface area contributed by atoms with Gasteiger partial charge in [-0.3, -0.25) is 4.79 Å². The van der Waals surface area contributed by atoms with Crippen LogP contribution >= 0.6 is 0 Å². The molecule has 5 heteroatoms. The zero-order valence-electron chi connectivity index (χ0n) is 11.1. The molecule has 2 heterocycles. The van der Waals surface area contributed by atoms with E-state index in [0.29, 0.717) is 13.0 Å². The summed E-state index contributed by atoms with van der Waals surface area (Å²) in [7, 11) is 0. The lowest BCUT2D eigenvalue weighted by Crippen LogP contribution is -2.40. The number of nitrogens with zero attached hydrogens (tertiary/aromatic N) is 3. The Kier molecular flexibility index (Phi) is 3.41. The van der Waals surface area contributed by atoms with Gasteiger partial charge in [0.05, 0.1) is 12.2 Å². The molecule has 0 radical (unpaired) electrons. The summed E-state index contributed by atoms with van der Waals surface area (Å²) in [6, 6.07) is 8.07. The van der Waals surface area contributed by atoms with Crippen molar-refractivity contribution < 1.29 is 9.90 Å². The molecule has 1 aromatic heterocycles. The minimum atomic E-state index is -0.716. The molecule has 1 aliphatic rings. The third-order valence-corrected chi connectivity index (χ3v) is 3.78. The van der Waals surface area contributed by atoms with Crippen LogP contribution in [0.3, 0.4) is 0 Å². The summed E-state index contributed by atoms with van der Waals surface area (Å²) in [5.41, 5.74) is 2.28. The second-order valence-corrected chi connectivity index (χ2v) is 5.11. The van der Waals surface area contributed by atoms with E-state index >= 15 is 0 Å². The number of para-hydroxylation sites is 1. The van der Waals surface area contributed by atoms with Crippen LogP contribution in [-0.4, -0.2) is 33.7 Å². The number of hydrogen-bond acceptors (Lipinski definition) is 3. The fourth-order valence-electron chi connectivity index (χ4n) is 2.72. The number of aliphatic carboxylic acids is 1. The number of anilines is 1. The Hall–Kier alpha value is -2.30. The van der Waals surface area contributed by atoms with Crippen molar-refractivity contribution in [3.63, 3.8) is 0 Å². The van der Waals surface area contributed by atoms with Crippen LogP contribution in [0.15, 0.2) is 43.0 Å². The van der Waals surface area contributed by atoms with Crippen LogP contribution in [0.2, 0.25) is 0 Å². The zero-order chi connectivity index (χ0) is 13.9. The molecule has 1 aromatic carbocycles. The van der Waals surface area contributed by atoms with E-state index < -0.39 is 5.97 Å². The highest BCUT2D eigenvalue weighted by atomic mass is 16.4. The molecule has 104 valence electrons. The van der Waals surface area contributed by atoms with Gasteiger partial charge >= 0.3 is 5.97 Å². The number of imidazole rings is 1. The summed E-state index contributed by atoms with van der Waals surface area (Å²) in [4.78, 5) is 17.5. The van der Waals surface area contributed by atoms with E-state index in [1.807, 2.05) is 29.0 Å². The Morgan fingerprint density at radius 2 is 2.20 bits per heavy atom. The standard InChI is InChI=1S/C15H17N3O2/c19-15(20)13-9-12-3-1-2-4-14(12)18(10-13)8-7-17-6-5-16-11-17/h1-6,11,13H,7-10H2,(H,19,20). The molecule has 5 nitrogen and oxygen atoms in total. The first-order valence-corrected chi connectivity index (χ1v) is 6.75. The van der Waals surface area contributed by atoms with Crippen LogP contribution in [0.5, 0.6) is 0 Å². The van der Waals surface area contributed by atoms with Gasteiger partial charge in [0.25, 0.3) is 0 Å². The first kappa shape index (κ1) is 12.7. The van der Waals surface area contributed by atoms with E-state index in [9.17, 15) is 9.90 Å². The third-order valence-electron chi connectivity index (χ3n) is 3.78. The monoisotopic (exact) mass is 271 g/mol. The number of carboxylic acids is 1. The number of hydrogen-bond donors (Lipinski definition) is 1. The van der Waals surface area contributed by atoms with Crippen molar-refractivity contribution in [3.05, 3.63) is 48.5 Å². The number of carboxylic acid groups (broad SMARTS) is 1. The highest BCUT2D eigenvalue weighted by molar-refractivity contribution is 5.73. The van der Waals surface area contributed by atoms with Gasteiger partial charge in [-0.25, -0.2) is 4.98 Å². The average molecular weight is 271 g/mol. The lowest BCUT2D eigenvalue weighted by atomic mass is 9.92. The summed E-state index contributed by atoms with van der Waals surface area (Å²) < 4.78 is 2.01. The van der Waals surface area contributed by atoms with Crippen molar-refractivity contribution in [3.8, 4) is 0 Å². The van der Waals surface area contributed by atoms with Gasteiger partial charge in [0.2, 0.25) is 0 Å². The molecule has 0 aliphatic carbocycles. The molecule has 0 fully saturated rings.